The fraction of sp³-hybridized carbons (Fsp3) is 0.231. The van der Waals surface area contributed by atoms with E-state index < -0.39 is 0 Å². The molecule has 1 aromatic carbocycles. The number of benzene rings is 1. The van der Waals surface area contributed by atoms with Gasteiger partial charge in [-0.2, -0.15) is 0 Å². The second kappa shape index (κ2) is 6.68. The minimum Gasteiger partial charge on any atom is -0.461 e. The van der Waals surface area contributed by atoms with E-state index in [1.807, 2.05) is 24.3 Å². The van der Waals surface area contributed by atoms with Gasteiger partial charge >= 0.3 is 5.97 Å². The Kier molecular flexibility index (Phi) is 4.93. The molecule has 1 aromatic heterocycles. The zero-order valence-corrected chi connectivity index (χ0v) is 12.8. The second-order valence-electron chi connectivity index (χ2n) is 3.74. The van der Waals surface area contributed by atoms with Crippen LogP contribution in [0.15, 0.2) is 34.1 Å². The third kappa shape index (κ3) is 4.04. The maximum atomic E-state index is 11.5. The van der Waals surface area contributed by atoms with Crippen LogP contribution in [0, 0.1) is 0 Å². The van der Waals surface area contributed by atoms with Crippen molar-refractivity contribution in [2.45, 2.75) is 13.5 Å². The van der Waals surface area contributed by atoms with Crippen LogP contribution < -0.4 is 5.32 Å². The van der Waals surface area contributed by atoms with Crippen molar-refractivity contribution in [1.82, 2.24) is 4.98 Å². The molecule has 0 aliphatic rings. The number of esters is 1. The Morgan fingerprint density at radius 3 is 2.84 bits per heavy atom. The van der Waals surface area contributed by atoms with Gasteiger partial charge in [0.15, 0.2) is 10.8 Å². The predicted molar refractivity (Wildman–Crippen MR) is 79.5 cm³/mol. The molecule has 0 spiro atoms. The first kappa shape index (κ1) is 14.0. The van der Waals surface area contributed by atoms with Gasteiger partial charge in [-0.25, -0.2) is 9.78 Å². The number of thiazole rings is 1. The smallest absolute Gasteiger partial charge is 0.357 e. The van der Waals surface area contributed by atoms with Crippen molar-refractivity contribution in [1.29, 1.82) is 0 Å². The molecule has 0 unspecified atom stereocenters. The first-order valence-corrected chi connectivity index (χ1v) is 7.47. The van der Waals surface area contributed by atoms with E-state index >= 15 is 0 Å². The Morgan fingerprint density at radius 1 is 1.42 bits per heavy atom. The van der Waals surface area contributed by atoms with E-state index in [0.717, 1.165) is 10.0 Å². The molecule has 0 aliphatic carbocycles. The summed E-state index contributed by atoms with van der Waals surface area (Å²) in [5.74, 6) is -0.379. The van der Waals surface area contributed by atoms with E-state index in [4.69, 9.17) is 4.74 Å². The SMILES string of the molecule is CCOC(=O)c1csc(NCc2ccc(Br)cc2)n1. The number of hydrogen-bond acceptors (Lipinski definition) is 5. The third-order valence-corrected chi connectivity index (χ3v) is 3.67. The molecular formula is C13H13BrN2O2S. The average Bonchev–Trinajstić information content (AvgIpc) is 2.87. The van der Waals surface area contributed by atoms with Crippen LogP contribution >= 0.6 is 27.3 Å². The quantitative estimate of drug-likeness (QED) is 0.843. The number of carbonyl (C=O) groups excluding carboxylic acids is 1. The summed E-state index contributed by atoms with van der Waals surface area (Å²) in [7, 11) is 0. The molecule has 0 saturated carbocycles. The molecule has 2 aromatic rings. The Hall–Kier alpha value is -1.40. The molecular weight excluding hydrogens is 328 g/mol. The lowest BCUT2D eigenvalue weighted by molar-refractivity contribution is 0.0520. The van der Waals surface area contributed by atoms with Gasteiger partial charge in [0, 0.05) is 16.4 Å². The van der Waals surface area contributed by atoms with Crippen LogP contribution in [0.5, 0.6) is 0 Å². The number of carbonyl (C=O) groups is 1. The van der Waals surface area contributed by atoms with E-state index in [1.54, 1.807) is 12.3 Å². The van der Waals surface area contributed by atoms with Gasteiger partial charge in [-0.05, 0) is 24.6 Å². The Bertz CT molecular complexity index is 554. The highest BCUT2D eigenvalue weighted by Crippen LogP contribution is 2.18. The molecule has 0 aliphatic heterocycles. The molecule has 0 saturated heterocycles. The van der Waals surface area contributed by atoms with E-state index in [9.17, 15) is 4.79 Å². The number of ether oxygens (including phenoxy) is 1. The molecule has 1 heterocycles. The first-order chi connectivity index (χ1) is 9.19. The molecule has 1 N–H and O–H groups in total. The topological polar surface area (TPSA) is 51.2 Å². The summed E-state index contributed by atoms with van der Waals surface area (Å²) in [6, 6.07) is 8.03. The minimum absolute atomic E-state index is 0.352. The fourth-order valence-corrected chi connectivity index (χ4v) is 2.38. The summed E-state index contributed by atoms with van der Waals surface area (Å²) in [6.45, 7) is 2.80. The highest BCUT2D eigenvalue weighted by molar-refractivity contribution is 9.10. The van der Waals surface area contributed by atoms with Crippen molar-refractivity contribution in [3.8, 4) is 0 Å². The van der Waals surface area contributed by atoms with Crippen LogP contribution in [0.1, 0.15) is 23.0 Å². The average molecular weight is 341 g/mol. The Balaban J connectivity index is 1.93. The van der Waals surface area contributed by atoms with E-state index in [-0.39, 0.29) is 5.97 Å². The zero-order valence-electron chi connectivity index (χ0n) is 10.4. The van der Waals surface area contributed by atoms with Crippen molar-refractivity contribution in [2.75, 3.05) is 11.9 Å². The molecule has 4 nitrogen and oxygen atoms in total. The molecule has 0 radical (unpaired) electrons. The fourth-order valence-electron chi connectivity index (χ4n) is 1.43. The number of hydrogen-bond donors (Lipinski definition) is 1. The molecule has 19 heavy (non-hydrogen) atoms. The lowest BCUT2D eigenvalue weighted by Gasteiger charge is -2.02. The van der Waals surface area contributed by atoms with Crippen LogP contribution in [0.3, 0.4) is 0 Å². The Morgan fingerprint density at radius 2 is 2.16 bits per heavy atom. The highest BCUT2D eigenvalue weighted by atomic mass is 79.9. The van der Waals surface area contributed by atoms with Gasteiger partial charge in [0.25, 0.3) is 0 Å². The van der Waals surface area contributed by atoms with Gasteiger partial charge < -0.3 is 10.1 Å². The maximum Gasteiger partial charge on any atom is 0.357 e. The normalized spacial score (nSPS) is 10.2. The molecule has 0 atom stereocenters. The van der Waals surface area contributed by atoms with E-state index in [1.165, 1.54) is 11.3 Å². The number of aromatic nitrogens is 1. The number of nitrogens with one attached hydrogen (secondary N) is 1. The van der Waals surface area contributed by atoms with E-state index in [0.29, 0.717) is 24.0 Å². The van der Waals surface area contributed by atoms with Crippen LogP contribution in [0.2, 0.25) is 0 Å². The Labute approximate surface area is 124 Å². The minimum atomic E-state index is -0.379. The second-order valence-corrected chi connectivity index (χ2v) is 5.51. The summed E-state index contributed by atoms with van der Waals surface area (Å²) in [4.78, 5) is 15.6. The summed E-state index contributed by atoms with van der Waals surface area (Å²) in [5.41, 5.74) is 1.50. The standard InChI is InChI=1S/C13H13BrN2O2S/c1-2-18-12(17)11-8-19-13(16-11)15-7-9-3-5-10(14)6-4-9/h3-6,8H,2,7H2,1H3,(H,15,16). The van der Waals surface area contributed by atoms with Crippen LogP contribution in [0.4, 0.5) is 5.13 Å². The van der Waals surface area contributed by atoms with Crippen LogP contribution in [-0.4, -0.2) is 17.6 Å². The monoisotopic (exact) mass is 340 g/mol. The highest BCUT2D eigenvalue weighted by Gasteiger charge is 2.11. The van der Waals surface area contributed by atoms with Gasteiger partial charge in [0.2, 0.25) is 0 Å². The van der Waals surface area contributed by atoms with Crippen molar-refractivity contribution in [2.24, 2.45) is 0 Å². The molecule has 2 rings (SSSR count). The van der Waals surface area contributed by atoms with Gasteiger partial charge in [0.05, 0.1) is 6.61 Å². The van der Waals surface area contributed by atoms with Gasteiger partial charge in [-0.3, -0.25) is 0 Å². The summed E-state index contributed by atoms with van der Waals surface area (Å²) < 4.78 is 5.94. The van der Waals surface area contributed by atoms with Crippen LogP contribution in [0.25, 0.3) is 0 Å². The van der Waals surface area contributed by atoms with Crippen molar-refractivity contribution in [3.63, 3.8) is 0 Å². The van der Waals surface area contributed by atoms with Crippen molar-refractivity contribution in [3.05, 3.63) is 45.4 Å². The molecule has 100 valence electrons. The molecule has 6 heteroatoms. The van der Waals surface area contributed by atoms with Crippen LogP contribution in [-0.2, 0) is 11.3 Å². The predicted octanol–water partition coefficient (Wildman–Crippen LogP) is 3.69. The number of halogens is 1. The maximum absolute atomic E-state index is 11.5. The van der Waals surface area contributed by atoms with Crippen molar-refractivity contribution < 1.29 is 9.53 Å². The van der Waals surface area contributed by atoms with Gasteiger partial charge in [0.1, 0.15) is 0 Å². The van der Waals surface area contributed by atoms with Gasteiger partial charge in [-0.1, -0.05) is 28.1 Å². The number of rotatable bonds is 5. The number of nitrogens with zero attached hydrogens (tertiary/aromatic N) is 1. The number of anilines is 1. The van der Waals surface area contributed by atoms with Gasteiger partial charge in [-0.15, -0.1) is 11.3 Å². The van der Waals surface area contributed by atoms with Crippen molar-refractivity contribution >= 4 is 38.4 Å². The lowest BCUT2D eigenvalue weighted by Crippen LogP contribution is -2.05. The molecule has 0 bridgehead atoms. The lowest BCUT2D eigenvalue weighted by atomic mass is 10.2. The van der Waals surface area contributed by atoms with E-state index in [2.05, 4.69) is 26.2 Å². The third-order valence-electron chi connectivity index (χ3n) is 2.35. The summed E-state index contributed by atoms with van der Waals surface area (Å²) in [5, 5.41) is 5.59. The molecule has 0 fully saturated rings. The summed E-state index contributed by atoms with van der Waals surface area (Å²) in [6.07, 6.45) is 0. The largest absolute Gasteiger partial charge is 0.461 e. The first-order valence-electron chi connectivity index (χ1n) is 5.80. The molecule has 0 amide bonds. The zero-order chi connectivity index (χ0) is 13.7. The summed E-state index contributed by atoms with van der Waals surface area (Å²) >= 11 is 4.79.